The van der Waals surface area contributed by atoms with Crippen LogP contribution in [0.3, 0.4) is 0 Å². The second-order valence-electron chi connectivity index (χ2n) is 6.86. The third-order valence-electron chi connectivity index (χ3n) is 4.95. The number of aromatic nitrogens is 2. The molecule has 26 heavy (non-hydrogen) atoms. The number of hydrogen-bond donors (Lipinski definition) is 2. The van der Waals surface area contributed by atoms with E-state index in [4.69, 9.17) is 5.73 Å². The van der Waals surface area contributed by atoms with Gasteiger partial charge in [-0.25, -0.2) is 9.97 Å². The highest BCUT2D eigenvalue weighted by molar-refractivity contribution is 5.94. The molecule has 1 fully saturated rings. The normalized spacial score (nSPS) is 20.5. The first-order chi connectivity index (χ1) is 12.5. The molecule has 6 heteroatoms. The first-order valence-corrected chi connectivity index (χ1v) is 8.59. The summed E-state index contributed by atoms with van der Waals surface area (Å²) < 4.78 is 0. The molecule has 0 aliphatic carbocycles. The number of hydrogen-bond acceptors (Lipinski definition) is 5. The van der Waals surface area contributed by atoms with E-state index in [1.165, 1.54) is 0 Å². The monoisotopic (exact) mass is 348 g/mol. The van der Waals surface area contributed by atoms with Gasteiger partial charge in [-0.05, 0) is 17.2 Å². The second kappa shape index (κ2) is 6.48. The number of nitrogens with two attached hydrogens (primary N) is 1. The number of rotatable bonds is 4. The minimum Gasteiger partial charge on any atom is -0.480 e. The fourth-order valence-corrected chi connectivity index (χ4v) is 3.48. The van der Waals surface area contributed by atoms with Gasteiger partial charge in [0, 0.05) is 43.2 Å². The molecular formula is C20H20N4O2. The second-order valence-corrected chi connectivity index (χ2v) is 6.86. The minimum absolute atomic E-state index is 0.341. The van der Waals surface area contributed by atoms with E-state index in [0.29, 0.717) is 31.9 Å². The summed E-state index contributed by atoms with van der Waals surface area (Å²) in [6, 6.07) is 14.3. The molecule has 132 valence electrons. The van der Waals surface area contributed by atoms with Gasteiger partial charge in [0.15, 0.2) is 5.82 Å². The maximum atomic E-state index is 11.3. The van der Waals surface area contributed by atoms with Gasteiger partial charge in [-0.1, -0.05) is 42.5 Å². The Morgan fingerprint density at radius 1 is 1.15 bits per heavy atom. The molecule has 0 spiro atoms. The van der Waals surface area contributed by atoms with Gasteiger partial charge < -0.3 is 10.8 Å². The van der Waals surface area contributed by atoms with Crippen molar-refractivity contribution in [2.45, 2.75) is 18.5 Å². The van der Waals surface area contributed by atoms with E-state index < -0.39 is 11.5 Å². The fourth-order valence-electron chi connectivity index (χ4n) is 3.48. The number of fused-ring (bicyclic) bond motifs is 1. The van der Waals surface area contributed by atoms with E-state index in [1.54, 1.807) is 12.4 Å². The summed E-state index contributed by atoms with van der Waals surface area (Å²) >= 11 is 0. The lowest BCUT2D eigenvalue weighted by Gasteiger charge is -2.19. The summed E-state index contributed by atoms with van der Waals surface area (Å²) in [6.07, 6.45) is 4.07. The summed E-state index contributed by atoms with van der Waals surface area (Å²) in [6.45, 7) is 1.60. The van der Waals surface area contributed by atoms with Crippen LogP contribution in [0.4, 0.5) is 0 Å². The lowest BCUT2D eigenvalue weighted by molar-refractivity contribution is -0.142. The molecular weight excluding hydrogens is 328 g/mol. The van der Waals surface area contributed by atoms with Crippen LogP contribution in [-0.2, 0) is 11.3 Å². The van der Waals surface area contributed by atoms with Crippen molar-refractivity contribution in [3.63, 3.8) is 0 Å². The average Bonchev–Trinajstić information content (AvgIpc) is 3.04. The van der Waals surface area contributed by atoms with Crippen molar-refractivity contribution in [2.24, 2.45) is 5.73 Å². The first-order valence-electron chi connectivity index (χ1n) is 8.59. The molecule has 1 aliphatic heterocycles. The molecule has 3 aromatic rings. The molecule has 1 saturated heterocycles. The zero-order valence-corrected chi connectivity index (χ0v) is 14.3. The van der Waals surface area contributed by atoms with E-state index >= 15 is 0 Å². The van der Waals surface area contributed by atoms with Crippen LogP contribution >= 0.6 is 0 Å². The molecule has 2 heterocycles. The van der Waals surface area contributed by atoms with Gasteiger partial charge >= 0.3 is 5.97 Å². The summed E-state index contributed by atoms with van der Waals surface area (Å²) in [5, 5.41) is 11.5. The third kappa shape index (κ3) is 3.05. The minimum atomic E-state index is -1.15. The lowest BCUT2D eigenvalue weighted by atomic mass is 10.0. The number of carbonyl (C=O) groups is 1. The smallest absolute Gasteiger partial charge is 0.325 e. The van der Waals surface area contributed by atoms with Crippen LogP contribution in [0.1, 0.15) is 12.0 Å². The van der Waals surface area contributed by atoms with E-state index in [0.717, 1.165) is 21.9 Å². The van der Waals surface area contributed by atoms with E-state index in [9.17, 15) is 9.90 Å². The summed E-state index contributed by atoms with van der Waals surface area (Å²) in [5.41, 5.74) is 6.73. The molecule has 1 atom stereocenters. The molecule has 4 rings (SSSR count). The maximum absolute atomic E-state index is 11.3. The molecule has 0 saturated carbocycles. The Morgan fingerprint density at radius 3 is 2.62 bits per heavy atom. The van der Waals surface area contributed by atoms with Gasteiger partial charge in [0.05, 0.1) is 0 Å². The molecule has 0 unspecified atom stereocenters. The standard InChI is InChI=1S/C20H20N4O2/c21-20(19(25)26)8-9-24(13-20)12-14-10-22-18(23-11-14)17-7-3-5-15-4-1-2-6-16(15)17/h1-7,10-11H,8-9,12-13,21H2,(H,25,26)/t20-/m0/s1. The molecule has 0 radical (unpaired) electrons. The van der Waals surface area contributed by atoms with Gasteiger partial charge in [-0.3, -0.25) is 9.69 Å². The highest BCUT2D eigenvalue weighted by Gasteiger charge is 2.41. The first kappa shape index (κ1) is 16.6. The van der Waals surface area contributed by atoms with Crippen LogP contribution in [0.2, 0.25) is 0 Å². The van der Waals surface area contributed by atoms with E-state index in [2.05, 4.69) is 28.2 Å². The highest BCUT2D eigenvalue weighted by Crippen LogP contribution is 2.26. The molecule has 6 nitrogen and oxygen atoms in total. The Hall–Kier alpha value is -2.83. The molecule has 3 N–H and O–H groups in total. The molecule has 1 aromatic heterocycles. The van der Waals surface area contributed by atoms with Crippen molar-refractivity contribution in [1.29, 1.82) is 0 Å². The number of likely N-dealkylation sites (tertiary alicyclic amines) is 1. The Morgan fingerprint density at radius 2 is 1.88 bits per heavy atom. The van der Waals surface area contributed by atoms with Crippen LogP contribution < -0.4 is 5.73 Å². The molecule has 2 aromatic carbocycles. The van der Waals surface area contributed by atoms with E-state index in [-0.39, 0.29) is 0 Å². The number of nitrogens with zero attached hydrogens (tertiary/aromatic N) is 3. The van der Waals surface area contributed by atoms with Crippen molar-refractivity contribution in [1.82, 2.24) is 14.9 Å². The third-order valence-corrected chi connectivity index (χ3v) is 4.95. The van der Waals surface area contributed by atoms with Crippen LogP contribution in [-0.4, -0.2) is 44.6 Å². The highest BCUT2D eigenvalue weighted by atomic mass is 16.4. The van der Waals surface area contributed by atoms with Gasteiger partial charge in [-0.15, -0.1) is 0 Å². The lowest BCUT2D eigenvalue weighted by Crippen LogP contribution is -2.50. The fraction of sp³-hybridized carbons (Fsp3) is 0.250. The SMILES string of the molecule is N[C@@]1(C(=O)O)CCN(Cc2cnc(-c3cccc4ccccc34)nc2)C1. The van der Waals surface area contributed by atoms with Crippen LogP contribution in [0.15, 0.2) is 54.9 Å². The van der Waals surface area contributed by atoms with Crippen molar-refractivity contribution in [2.75, 3.05) is 13.1 Å². The molecule has 1 aliphatic rings. The predicted molar refractivity (Wildman–Crippen MR) is 99.4 cm³/mol. The Kier molecular flexibility index (Phi) is 4.14. The number of benzene rings is 2. The number of aliphatic carboxylic acids is 1. The topological polar surface area (TPSA) is 92.3 Å². The summed E-state index contributed by atoms with van der Waals surface area (Å²) in [5.74, 6) is -0.256. The van der Waals surface area contributed by atoms with Crippen molar-refractivity contribution in [3.8, 4) is 11.4 Å². The largest absolute Gasteiger partial charge is 0.480 e. The van der Waals surface area contributed by atoms with Crippen LogP contribution in [0.25, 0.3) is 22.2 Å². The quantitative estimate of drug-likeness (QED) is 0.751. The van der Waals surface area contributed by atoms with Crippen molar-refractivity contribution < 1.29 is 9.90 Å². The average molecular weight is 348 g/mol. The van der Waals surface area contributed by atoms with Crippen molar-refractivity contribution >= 4 is 16.7 Å². The van der Waals surface area contributed by atoms with Gasteiger partial charge in [0.1, 0.15) is 5.54 Å². The maximum Gasteiger partial charge on any atom is 0.325 e. The summed E-state index contributed by atoms with van der Waals surface area (Å²) in [7, 11) is 0. The van der Waals surface area contributed by atoms with Gasteiger partial charge in [-0.2, -0.15) is 0 Å². The van der Waals surface area contributed by atoms with Crippen LogP contribution in [0, 0.1) is 0 Å². The molecule has 0 bridgehead atoms. The van der Waals surface area contributed by atoms with E-state index in [1.807, 2.05) is 29.2 Å². The predicted octanol–water partition coefficient (Wildman–Crippen LogP) is 2.28. The van der Waals surface area contributed by atoms with Crippen molar-refractivity contribution in [3.05, 3.63) is 60.4 Å². The number of carboxylic acid groups (broad SMARTS) is 1. The summed E-state index contributed by atoms with van der Waals surface area (Å²) in [4.78, 5) is 22.3. The zero-order valence-electron chi connectivity index (χ0n) is 14.3. The molecule has 0 amide bonds. The Balaban J connectivity index is 1.53. The van der Waals surface area contributed by atoms with Gasteiger partial charge in [0.25, 0.3) is 0 Å². The Labute approximate surface area is 151 Å². The van der Waals surface area contributed by atoms with Gasteiger partial charge in [0.2, 0.25) is 0 Å². The zero-order chi connectivity index (χ0) is 18.1. The van der Waals surface area contributed by atoms with Crippen LogP contribution in [0.5, 0.6) is 0 Å². The number of carboxylic acids is 1. The Bertz CT molecular complexity index is 952.